The van der Waals surface area contributed by atoms with Crippen molar-refractivity contribution in [3.63, 3.8) is 0 Å². The highest BCUT2D eigenvalue weighted by Crippen LogP contribution is 2.05. The molecule has 0 radical (unpaired) electrons. The van der Waals surface area contributed by atoms with Crippen LogP contribution >= 0.6 is 0 Å². The fourth-order valence-corrected chi connectivity index (χ4v) is 1.08. The molecule has 0 fully saturated rings. The van der Waals surface area contributed by atoms with Crippen molar-refractivity contribution in [2.75, 3.05) is 6.61 Å². The van der Waals surface area contributed by atoms with Crippen LogP contribution in [0.5, 0.6) is 0 Å². The predicted molar refractivity (Wildman–Crippen MR) is 46.6 cm³/mol. The molecule has 0 bridgehead atoms. The monoisotopic (exact) mass is 161 g/mol. The summed E-state index contributed by atoms with van der Waals surface area (Å²) in [5, 5.41) is 17.2. The number of aliphatic hydroxyl groups excluding tert-OH is 1. The van der Waals surface area contributed by atoms with E-state index in [9.17, 15) is 0 Å². The first kappa shape index (κ1) is 8.76. The van der Waals surface area contributed by atoms with Crippen LogP contribution in [0, 0.1) is 11.3 Å². The van der Waals surface area contributed by atoms with Crippen molar-refractivity contribution in [2.24, 2.45) is 0 Å². The number of nitrogens with zero attached hydrogens (tertiary/aromatic N) is 1. The number of aryl methyl sites for hydroxylation is 1. The summed E-state index contributed by atoms with van der Waals surface area (Å²) in [6.45, 7) is 0.205. The van der Waals surface area contributed by atoms with E-state index >= 15 is 0 Å². The summed E-state index contributed by atoms with van der Waals surface area (Å²) in [6, 6.07) is 9.55. The molecule has 0 saturated carbocycles. The van der Waals surface area contributed by atoms with Gasteiger partial charge in [0.05, 0.1) is 11.6 Å². The summed E-state index contributed by atoms with van der Waals surface area (Å²) in [7, 11) is 0. The first-order valence-electron chi connectivity index (χ1n) is 3.96. The SMILES string of the molecule is N#Cc1cccc(CCCO)c1. The molecule has 62 valence electrons. The third-order valence-corrected chi connectivity index (χ3v) is 1.68. The average Bonchev–Trinajstić information content (AvgIpc) is 2.15. The van der Waals surface area contributed by atoms with E-state index in [1.165, 1.54) is 0 Å². The Balaban J connectivity index is 2.68. The van der Waals surface area contributed by atoms with E-state index in [1.54, 1.807) is 6.07 Å². The number of rotatable bonds is 3. The molecule has 12 heavy (non-hydrogen) atoms. The van der Waals surface area contributed by atoms with E-state index in [1.807, 2.05) is 18.2 Å². The lowest BCUT2D eigenvalue weighted by molar-refractivity contribution is 0.288. The summed E-state index contributed by atoms with van der Waals surface area (Å²) < 4.78 is 0. The van der Waals surface area contributed by atoms with Crippen LogP contribution in [0.15, 0.2) is 24.3 Å². The summed E-state index contributed by atoms with van der Waals surface area (Å²) in [4.78, 5) is 0. The number of hydrogen-bond acceptors (Lipinski definition) is 2. The van der Waals surface area contributed by atoms with Gasteiger partial charge in [-0.1, -0.05) is 12.1 Å². The van der Waals surface area contributed by atoms with Gasteiger partial charge in [-0.25, -0.2) is 0 Å². The maximum atomic E-state index is 8.59. The average molecular weight is 161 g/mol. The molecule has 1 rings (SSSR count). The quantitative estimate of drug-likeness (QED) is 0.729. The lowest BCUT2D eigenvalue weighted by Gasteiger charge is -1.98. The molecule has 2 heteroatoms. The molecule has 1 N–H and O–H groups in total. The second kappa shape index (κ2) is 4.53. The Morgan fingerprint density at radius 3 is 2.92 bits per heavy atom. The van der Waals surface area contributed by atoms with Gasteiger partial charge in [-0.2, -0.15) is 5.26 Å². The van der Waals surface area contributed by atoms with Crippen LogP contribution in [-0.2, 0) is 6.42 Å². The van der Waals surface area contributed by atoms with E-state index in [0.717, 1.165) is 18.4 Å². The minimum Gasteiger partial charge on any atom is -0.396 e. The molecule has 0 aromatic heterocycles. The molecule has 0 unspecified atom stereocenters. The molecular formula is C10H11NO. The van der Waals surface area contributed by atoms with Crippen molar-refractivity contribution in [3.05, 3.63) is 35.4 Å². The van der Waals surface area contributed by atoms with Gasteiger partial charge in [-0.05, 0) is 30.5 Å². The zero-order chi connectivity index (χ0) is 8.81. The molecule has 0 aliphatic rings. The van der Waals surface area contributed by atoms with Gasteiger partial charge in [0.25, 0.3) is 0 Å². The van der Waals surface area contributed by atoms with Crippen molar-refractivity contribution in [3.8, 4) is 6.07 Å². The van der Waals surface area contributed by atoms with Crippen LogP contribution in [0.25, 0.3) is 0 Å². The number of benzene rings is 1. The fraction of sp³-hybridized carbons (Fsp3) is 0.300. The zero-order valence-corrected chi connectivity index (χ0v) is 6.83. The molecule has 0 saturated heterocycles. The number of aliphatic hydroxyl groups is 1. The summed E-state index contributed by atoms with van der Waals surface area (Å²) in [6.07, 6.45) is 1.60. The van der Waals surface area contributed by atoms with Crippen molar-refractivity contribution in [1.82, 2.24) is 0 Å². The highest BCUT2D eigenvalue weighted by molar-refractivity contribution is 5.32. The molecule has 0 heterocycles. The second-order valence-corrected chi connectivity index (χ2v) is 2.64. The minimum absolute atomic E-state index is 0.205. The summed E-state index contributed by atoms with van der Waals surface area (Å²) >= 11 is 0. The highest BCUT2D eigenvalue weighted by Gasteiger charge is 1.93. The van der Waals surface area contributed by atoms with Gasteiger partial charge in [0.15, 0.2) is 0 Å². The van der Waals surface area contributed by atoms with E-state index in [2.05, 4.69) is 6.07 Å². The Labute approximate surface area is 72.1 Å². The molecule has 1 aromatic rings. The summed E-state index contributed by atoms with van der Waals surface area (Å²) in [5.41, 5.74) is 1.80. The molecule has 1 aromatic carbocycles. The van der Waals surface area contributed by atoms with Gasteiger partial charge in [0, 0.05) is 6.61 Å². The Morgan fingerprint density at radius 1 is 1.42 bits per heavy atom. The Morgan fingerprint density at radius 2 is 2.25 bits per heavy atom. The van der Waals surface area contributed by atoms with Gasteiger partial charge in [0.2, 0.25) is 0 Å². The first-order chi connectivity index (χ1) is 5.86. The van der Waals surface area contributed by atoms with Crippen LogP contribution in [0.3, 0.4) is 0 Å². The summed E-state index contributed by atoms with van der Waals surface area (Å²) in [5.74, 6) is 0. The standard InChI is InChI=1S/C10H11NO/c11-8-10-4-1-3-9(7-10)5-2-6-12/h1,3-4,7,12H,2,5-6H2. The van der Waals surface area contributed by atoms with Crippen LogP contribution in [0.2, 0.25) is 0 Å². The molecule has 0 spiro atoms. The molecule has 0 amide bonds. The van der Waals surface area contributed by atoms with E-state index in [0.29, 0.717) is 5.56 Å². The largest absolute Gasteiger partial charge is 0.396 e. The van der Waals surface area contributed by atoms with E-state index in [4.69, 9.17) is 10.4 Å². The van der Waals surface area contributed by atoms with Gasteiger partial charge in [-0.15, -0.1) is 0 Å². The van der Waals surface area contributed by atoms with Gasteiger partial charge in [-0.3, -0.25) is 0 Å². The number of nitriles is 1. The minimum atomic E-state index is 0.205. The zero-order valence-electron chi connectivity index (χ0n) is 6.83. The molecular weight excluding hydrogens is 150 g/mol. The smallest absolute Gasteiger partial charge is 0.0991 e. The van der Waals surface area contributed by atoms with E-state index < -0.39 is 0 Å². The fourth-order valence-electron chi connectivity index (χ4n) is 1.08. The molecule has 0 atom stereocenters. The van der Waals surface area contributed by atoms with Crippen LogP contribution in [0.1, 0.15) is 17.5 Å². The first-order valence-corrected chi connectivity index (χ1v) is 3.96. The third kappa shape index (κ3) is 2.37. The Hall–Kier alpha value is -1.33. The molecule has 0 aliphatic carbocycles. The Kier molecular flexibility index (Phi) is 3.31. The Bertz CT molecular complexity index is 288. The van der Waals surface area contributed by atoms with Crippen LogP contribution in [-0.4, -0.2) is 11.7 Å². The second-order valence-electron chi connectivity index (χ2n) is 2.64. The van der Waals surface area contributed by atoms with Crippen molar-refractivity contribution < 1.29 is 5.11 Å². The lowest BCUT2D eigenvalue weighted by atomic mass is 10.1. The normalized spacial score (nSPS) is 9.33. The van der Waals surface area contributed by atoms with Crippen molar-refractivity contribution in [1.29, 1.82) is 5.26 Å². The molecule has 2 nitrogen and oxygen atoms in total. The maximum absolute atomic E-state index is 8.59. The third-order valence-electron chi connectivity index (χ3n) is 1.68. The lowest BCUT2D eigenvalue weighted by Crippen LogP contribution is -1.89. The molecule has 0 aliphatic heterocycles. The van der Waals surface area contributed by atoms with Crippen molar-refractivity contribution >= 4 is 0 Å². The van der Waals surface area contributed by atoms with Crippen LogP contribution < -0.4 is 0 Å². The van der Waals surface area contributed by atoms with E-state index in [-0.39, 0.29) is 6.61 Å². The topological polar surface area (TPSA) is 44.0 Å². The predicted octanol–water partition coefficient (Wildman–Crippen LogP) is 1.48. The van der Waals surface area contributed by atoms with Gasteiger partial charge >= 0.3 is 0 Å². The van der Waals surface area contributed by atoms with Crippen molar-refractivity contribution in [2.45, 2.75) is 12.8 Å². The maximum Gasteiger partial charge on any atom is 0.0991 e. The number of hydrogen-bond donors (Lipinski definition) is 1. The van der Waals surface area contributed by atoms with Crippen LogP contribution in [0.4, 0.5) is 0 Å². The highest BCUT2D eigenvalue weighted by atomic mass is 16.2. The van der Waals surface area contributed by atoms with Gasteiger partial charge in [0.1, 0.15) is 0 Å². The van der Waals surface area contributed by atoms with Gasteiger partial charge < -0.3 is 5.11 Å².